The Morgan fingerprint density at radius 2 is 1.52 bits per heavy atom. The SMILES string of the molecule is O=C(NN=C1CCCCCCCCCCC1)c1ccc(CSc2nc3ccccc3s2)cc1. The number of fused-ring (bicyclic) bond motifs is 1. The summed E-state index contributed by atoms with van der Waals surface area (Å²) in [6.07, 6.45) is 13.6. The van der Waals surface area contributed by atoms with Crippen LogP contribution in [-0.4, -0.2) is 16.6 Å². The van der Waals surface area contributed by atoms with E-state index < -0.39 is 0 Å². The lowest BCUT2D eigenvalue weighted by Crippen LogP contribution is -2.20. The number of carbonyl (C=O) groups is 1. The van der Waals surface area contributed by atoms with Crippen molar-refractivity contribution in [3.05, 3.63) is 59.7 Å². The topological polar surface area (TPSA) is 54.4 Å². The Morgan fingerprint density at radius 3 is 2.18 bits per heavy atom. The number of para-hydroxylation sites is 1. The fourth-order valence-electron chi connectivity index (χ4n) is 4.14. The molecule has 4 rings (SSSR count). The molecule has 1 N–H and O–H groups in total. The maximum Gasteiger partial charge on any atom is 0.271 e. The molecule has 174 valence electrons. The Morgan fingerprint density at radius 1 is 0.879 bits per heavy atom. The van der Waals surface area contributed by atoms with Gasteiger partial charge in [-0.05, 0) is 55.5 Å². The van der Waals surface area contributed by atoms with E-state index in [9.17, 15) is 4.79 Å². The van der Waals surface area contributed by atoms with Gasteiger partial charge in [0.1, 0.15) is 0 Å². The Kier molecular flexibility index (Phi) is 9.37. The normalized spacial score (nSPS) is 16.1. The van der Waals surface area contributed by atoms with Gasteiger partial charge >= 0.3 is 0 Å². The van der Waals surface area contributed by atoms with Gasteiger partial charge in [0.15, 0.2) is 4.34 Å². The third kappa shape index (κ3) is 7.68. The minimum absolute atomic E-state index is 0.126. The molecular formula is C27H33N3OS2. The first-order valence-corrected chi connectivity index (χ1v) is 14.0. The molecule has 1 amide bonds. The molecule has 1 fully saturated rings. The number of hydrogen-bond acceptors (Lipinski definition) is 5. The number of thioether (sulfide) groups is 1. The second-order valence-electron chi connectivity index (χ2n) is 8.73. The van der Waals surface area contributed by atoms with E-state index in [2.05, 4.69) is 27.6 Å². The van der Waals surface area contributed by atoms with Crippen LogP contribution in [0.5, 0.6) is 0 Å². The number of hydrazone groups is 1. The maximum atomic E-state index is 12.6. The number of nitrogens with one attached hydrogen (secondary N) is 1. The first kappa shape index (κ1) is 24.0. The predicted octanol–water partition coefficient (Wildman–Crippen LogP) is 7.98. The third-order valence-electron chi connectivity index (χ3n) is 6.10. The van der Waals surface area contributed by atoms with Gasteiger partial charge in [-0.1, -0.05) is 81.0 Å². The number of nitrogens with zero attached hydrogens (tertiary/aromatic N) is 2. The Hall–Kier alpha value is -2.18. The molecule has 4 nitrogen and oxygen atoms in total. The van der Waals surface area contributed by atoms with Gasteiger partial charge in [-0.15, -0.1) is 11.3 Å². The van der Waals surface area contributed by atoms with E-state index in [4.69, 9.17) is 0 Å². The molecule has 0 radical (unpaired) electrons. The Bertz CT molecular complexity index is 1010. The molecule has 1 aliphatic rings. The van der Waals surface area contributed by atoms with Gasteiger partial charge in [0.25, 0.3) is 5.91 Å². The van der Waals surface area contributed by atoms with Gasteiger partial charge < -0.3 is 0 Å². The summed E-state index contributed by atoms with van der Waals surface area (Å²) in [5.74, 6) is 0.711. The largest absolute Gasteiger partial charge is 0.271 e. The molecule has 0 unspecified atom stereocenters. The van der Waals surface area contributed by atoms with E-state index in [1.54, 1.807) is 23.1 Å². The van der Waals surface area contributed by atoms with Crippen molar-refractivity contribution < 1.29 is 4.79 Å². The highest BCUT2D eigenvalue weighted by atomic mass is 32.2. The zero-order valence-electron chi connectivity index (χ0n) is 19.2. The van der Waals surface area contributed by atoms with Crippen LogP contribution < -0.4 is 5.43 Å². The van der Waals surface area contributed by atoms with Crippen LogP contribution >= 0.6 is 23.1 Å². The van der Waals surface area contributed by atoms with E-state index in [1.807, 2.05) is 36.4 Å². The predicted molar refractivity (Wildman–Crippen MR) is 141 cm³/mol. The fraction of sp³-hybridized carbons (Fsp3) is 0.444. The molecule has 33 heavy (non-hydrogen) atoms. The number of carbonyl (C=O) groups excluding carboxylic acids is 1. The summed E-state index contributed by atoms with van der Waals surface area (Å²) in [7, 11) is 0. The average molecular weight is 480 g/mol. The summed E-state index contributed by atoms with van der Waals surface area (Å²) in [5, 5.41) is 4.51. The van der Waals surface area contributed by atoms with Crippen molar-refractivity contribution in [1.82, 2.24) is 10.4 Å². The van der Waals surface area contributed by atoms with Crippen LogP contribution in [0, 0.1) is 0 Å². The lowest BCUT2D eigenvalue weighted by molar-refractivity contribution is 0.0954. The summed E-state index contributed by atoms with van der Waals surface area (Å²) >= 11 is 3.46. The fourth-order valence-corrected chi connectivity index (χ4v) is 6.16. The smallest absolute Gasteiger partial charge is 0.267 e. The van der Waals surface area contributed by atoms with Crippen molar-refractivity contribution in [3.8, 4) is 0 Å². The summed E-state index contributed by atoms with van der Waals surface area (Å²) in [6, 6.07) is 16.1. The Balaban J connectivity index is 1.28. The average Bonchev–Trinajstić information content (AvgIpc) is 3.26. The van der Waals surface area contributed by atoms with Crippen molar-refractivity contribution in [3.63, 3.8) is 0 Å². The summed E-state index contributed by atoms with van der Waals surface area (Å²) in [4.78, 5) is 17.3. The molecular weight excluding hydrogens is 446 g/mol. The highest BCUT2D eigenvalue weighted by molar-refractivity contribution is 8.00. The molecule has 1 aromatic heterocycles. The monoisotopic (exact) mass is 479 g/mol. The molecule has 2 aromatic carbocycles. The minimum atomic E-state index is -0.126. The van der Waals surface area contributed by atoms with Crippen molar-refractivity contribution in [2.24, 2.45) is 5.10 Å². The Labute approximate surface area is 205 Å². The van der Waals surface area contributed by atoms with E-state index in [1.165, 1.54) is 68.1 Å². The van der Waals surface area contributed by atoms with Crippen LogP contribution in [0.3, 0.4) is 0 Å². The molecule has 0 saturated heterocycles. The summed E-state index contributed by atoms with van der Waals surface area (Å²) in [6.45, 7) is 0. The van der Waals surface area contributed by atoms with Crippen LogP contribution in [0.4, 0.5) is 0 Å². The van der Waals surface area contributed by atoms with Crippen LogP contribution in [0.15, 0.2) is 58.0 Å². The van der Waals surface area contributed by atoms with Crippen molar-refractivity contribution in [2.75, 3.05) is 0 Å². The molecule has 0 atom stereocenters. The number of aromatic nitrogens is 1. The quantitative estimate of drug-likeness (QED) is 0.298. The summed E-state index contributed by atoms with van der Waals surface area (Å²) < 4.78 is 2.29. The highest BCUT2D eigenvalue weighted by Gasteiger charge is 2.08. The first-order valence-electron chi connectivity index (χ1n) is 12.2. The van der Waals surface area contributed by atoms with E-state index >= 15 is 0 Å². The first-order chi connectivity index (χ1) is 16.3. The molecule has 1 aliphatic carbocycles. The van der Waals surface area contributed by atoms with E-state index in [-0.39, 0.29) is 5.91 Å². The standard InChI is InChI=1S/C27H33N3OS2/c31-26(30-29-23-12-8-6-4-2-1-3-5-7-9-13-23)22-18-16-21(17-19-22)20-32-27-28-24-14-10-11-15-25(24)33-27/h10-11,14-19H,1-9,12-13,20H2,(H,30,31). The van der Waals surface area contributed by atoms with Gasteiger partial charge in [0.05, 0.1) is 10.2 Å². The lowest BCUT2D eigenvalue weighted by Gasteiger charge is -2.10. The van der Waals surface area contributed by atoms with Crippen LogP contribution in [0.1, 0.15) is 86.6 Å². The van der Waals surface area contributed by atoms with Gasteiger partial charge in [-0.3, -0.25) is 4.79 Å². The summed E-state index contributed by atoms with van der Waals surface area (Å²) in [5.41, 5.74) is 6.85. The van der Waals surface area contributed by atoms with Crippen molar-refractivity contribution >= 4 is 44.9 Å². The van der Waals surface area contributed by atoms with E-state index in [0.29, 0.717) is 5.56 Å². The number of rotatable bonds is 5. The molecule has 0 aliphatic heterocycles. The number of benzene rings is 2. The number of thiazole rings is 1. The van der Waals surface area contributed by atoms with Gasteiger partial charge in [0.2, 0.25) is 0 Å². The molecule has 1 heterocycles. The van der Waals surface area contributed by atoms with E-state index in [0.717, 1.165) is 34.2 Å². The van der Waals surface area contributed by atoms with Crippen LogP contribution in [0.25, 0.3) is 10.2 Å². The second kappa shape index (κ2) is 12.9. The zero-order valence-corrected chi connectivity index (χ0v) is 20.9. The van der Waals surface area contributed by atoms with Crippen molar-refractivity contribution in [1.29, 1.82) is 0 Å². The van der Waals surface area contributed by atoms with Gasteiger partial charge in [-0.25, -0.2) is 10.4 Å². The minimum Gasteiger partial charge on any atom is -0.267 e. The molecule has 6 heteroatoms. The van der Waals surface area contributed by atoms with Crippen molar-refractivity contribution in [2.45, 2.75) is 80.7 Å². The van der Waals surface area contributed by atoms with Crippen LogP contribution in [0.2, 0.25) is 0 Å². The second-order valence-corrected chi connectivity index (χ2v) is 11.0. The molecule has 1 saturated carbocycles. The van der Waals surface area contributed by atoms with Gasteiger partial charge in [-0.2, -0.15) is 5.10 Å². The maximum absolute atomic E-state index is 12.6. The molecule has 3 aromatic rings. The number of hydrogen-bond donors (Lipinski definition) is 1. The third-order valence-corrected chi connectivity index (χ3v) is 8.35. The number of amides is 1. The zero-order chi connectivity index (χ0) is 22.7. The highest BCUT2D eigenvalue weighted by Crippen LogP contribution is 2.31. The van der Waals surface area contributed by atoms with Crippen LogP contribution in [-0.2, 0) is 5.75 Å². The van der Waals surface area contributed by atoms with Gasteiger partial charge in [0, 0.05) is 17.0 Å². The molecule has 0 bridgehead atoms. The lowest BCUT2D eigenvalue weighted by atomic mass is 10.00. The molecule has 0 spiro atoms.